The molecule has 0 saturated carbocycles. The molecule has 25 heavy (non-hydrogen) atoms. The van der Waals surface area contributed by atoms with E-state index in [9.17, 15) is 0 Å². The van der Waals surface area contributed by atoms with Crippen LogP contribution in [0, 0.1) is 19.8 Å². The van der Waals surface area contributed by atoms with E-state index in [-0.39, 0.29) is 0 Å². The molecule has 0 N–H and O–H groups in total. The Hall–Kier alpha value is -1.82. The quantitative estimate of drug-likeness (QED) is 0.427. The summed E-state index contributed by atoms with van der Waals surface area (Å²) in [6.07, 6.45) is 10.1. The molecule has 2 aromatic rings. The van der Waals surface area contributed by atoms with Gasteiger partial charge in [-0.05, 0) is 43.7 Å². The molecule has 0 nitrogen and oxygen atoms in total. The molecule has 0 aliphatic rings. The highest BCUT2D eigenvalue weighted by atomic mass is 14.1. The maximum Gasteiger partial charge on any atom is -0.0184 e. The summed E-state index contributed by atoms with van der Waals surface area (Å²) in [5, 5.41) is 0. The smallest absolute Gasteiger partial charge is 0.0184 e. The van der Waals surface area contributed by atoms with Crippen molar-refractivity contribution >= 4 is 0 Å². The van der Waals surface area contributed by atoms with E-state index in [1.807, 2.05) is 6.08 Å². The zero-order valence-electron chi connectivity index (χ0n) is 16.7. The van der Waals surface area contributed by atoms with Crippen LogP contribution in [-0.2, 0) is 0 Å². The van der Waals surface area contributed by atoms with Gasteiger partial charge in [-0.2, -0.15) is 0 Å². The van der Waals surface area contributed by atoms with Crippen molar-refractivity contribution in [1.29, 1.82) is 0 Å². The van der Waals surface area contributed by atoms with Crippen LogP contribution in [0.1, 0.15) is 63.5 Å². The third-order valence-corrected chi connectivity index (χ3v) is 4.61. The molecule has 0 radical (unpaired) electrons. The first-order chi connectivity index (χ1) is 12.1. The number of allylic oxidation sites excluding steroid dienone is 1. The van der Waals surface area contributed by atoms with Crippen molar-refractivity contribution in [2.75, 3.05) is 0 Å². The summed E-state index contributed by atoms with van der Waals surface area (Å²) < 4.78 is 0. The molecule has 2 rings (SSSR count). The van der Waals surface area contributed by atoms with Crippen LogP contribution in [0.5, 0.6) is 0 Å². The zero-order valence-corrected chi connectivity index (χ0v) is 16.7. The van der Waals surface area contributed by atoms with Gasteiger partial charge in [0.15, 0.2) is 0 Å². The Morgan fingerprint density at radius 3 is 1.44 bits per heavy atom. The number of aryl methyl sites for hydroxylation is 2. The highest BCUT2D eigenvalue weighted by Crippen LogP contribution is 2.20. The molecule has 0 atom stereocenters. The highest BCUT2D eigenvalue weighted by Gasteiger charge is 2.04. The van der Waals surface area contributed by atoms with Crippen molar-refractivity contribution in [2.45, 2.75) is 66.2 Å². The lowest BCUT2D eigenvalue weighted by atomic mass is 9.93. The summed E-state index contributed by atoms with van der Waals surface area (Å²) in [5.41, 5.74) is 5.19. The molecule has 0 aliphatic carbocycles. The van der Waals surface area contributed by atoms with Crippen molar-refractivity contribution in [1.82, 2.24) is 0 Å². The largest absolute Gasteiger partial charge is 0.103 e. The van der Waals surface area contributed by atoms with Crippen molar-refractivity contribution < 1.29 is 0 Å². The minimum absolute atomic E-state index is 0.961. The van der Waals surface area contributed by atoms with Gasteiger partial charge in [-0.25, -0.2) is 0 Å². The van der Waals surface area contributed by atoms with E-state index in [1.165, 1.54) is 60.8 Å². The second kappa shape index (κ2) is 12.5. The van der Waals surface area contributed by atoms with Crippen LogP contribution in [-0.4, -0.2) is 0 Å². The third-order valence-electron chi connectivity index (χ3n) is 4.61. The zero-order chi connectivity index (χ0) is 18.5. The van der Waals surface area contributed by atoms with Gasteiger partial charge in [0.2, 0.25) is 0 Å². The Balaban J connectivity index is 0.000000260. The lowest BCUT2D eigenvalue weighted by Gasteiger charge is -2.13. The molecule has 0 spiro atoms. The number of rotatable bonds is 8. The fraction of sp³-hybridized carbons (Fsp3) is 0.440. The summed E-state index contributed by atoms with van der Waals surface area (Å²) in [5.74, 6) is 0.961. The number of hydrogen-bond donors (Lipinski definition) is 0. The Bertz CT molecular complexity index is 525. The van der Waals surface area contributed by atoms with E-state index in [0.29, 0.717) is 0 Å². The van der Waals surface area contributed by atoms with Crippen LogP contribution >= 0.6 is 0 Å². The van der Waals surface area contributed by atoms with Crippen molar-refractivity contribution in [3.63, 3.8) is 0 Å². The second-order valence-electron chi connectivity index (χ2n) is 7.04. The van der Waals surface area contributed by atoms with Gasteiger partial charge in [-0.1, -0.05) is 105 Å². The molecule has 0 amide bonds. The molecule has 0 saturated heterocycles. The topological polar surface area (TPSA) is 0 Å². The maximum absolute atomic E-state index is 3.75. The summed E-state index contributed by atoms with van der Waals surface area (Å²) >= 11 is 0. The monoisotopic (exact) mass is 336 g/mol. The Morgan fingerprint density at radius 2 is 1.12 bits per heavy atom. The van der Waals surface area contributed by atoms with Crippen molar-refractivity contribution in [2.24, 2.45) is 5.92 Å². The molecule has 0 heteroatoms. The molecule has 0 fully saturated rings. The summed E-state index contributed by atoms with van der Waals surface area (Å²) in [4.78, 5) is 0. The van der Waals surface area contributed by atoms with E-state index in [4.69, 9.17) is 0 Å². The Kier molecular flexibility index (Phi) is 10.6. The molecule has 2 aromatic carbocycles. The third kappa shape index (κ3) is 8.72. The van der Waals surface area contributed by atoms with Crippen LogP contribution in [0.25, 0.3) is 11.1 Å². The average Bonchev–Trinajstić information content (AvgIpc) is 2.62. The van der Waals surface area contributed by atoms with Crippen molar-refractivity contribution in [3.05, 3.63) is 72.3 Å². The molecule has 0 aliphatic heterocycles. The standard InChI is InChI=1S/C14H14.C11H22/c1-11-3-7-13(8-4-11)14-9-5-12(2)6-10-14;1-4-7-10-11(8-5-2)9-6-3/h3-10H,1-2H3;4,11H,1,5-10H2,2-3H3. The molecule has 0 aromatic heterocycles. The van der Waals surface area contributed by atoms with Crippen LogP contribution in [0.2, 0.25) is 0 Å². The van der Waals surface area contributed by atoms with E-state index in [1.54, 1.807) is 0 Å². The van der Waals surface area contributed by atoms with Crippen molar-refractivity contribution in [3.8, 4) is 11.1 Å². The molecular formula is C25H36. The van der Waals surface area contributed by atoms with E-state index < -0.39 is 0 Å². The Labute approximate surface area is 156 Å². The van der Waals surface area contributed by atoms with E-state index in [0.717, 1.165) is 5.92 Å². The van der Waals surface area contributed by atoms with Gasteiger partial charge in [0.05, 0.1) is 0 Å². The average molecular weight is 337 g/mol. The van der Waals surface area contributed by atoms with Gasteiger partial charge in [0, 0.05) is 0 Å². The molecule has 0 bridgehead atoms. The molecule has 0 unspecified atom stereocenters. The molecular weight excluding hydrogens is 300 g/mol. The molecule has 0 heterocycles. The fourth-order valence-electron chi connectivity index (χ4n) is 3.10. The van der Waals surface area contributed by atoms with Gasteiger partial charge in [-0.3, -0.25) is 0 Å². The van der Waals surface area contributed by atoms with Gasteiger partial charge < -0.3 is 0 Å². The SMILES string of the molecule is C=CCCC(CCC)CCC.Cc1ccc(-c2ccc(C)cc2)cc1. The molecule has 136 valence electrons. The van der Waals surface area contributed by atoms with Gasteiger partial charge in [-0.15, -0.1) is 6.58 Å². The minimum atomic E-state index is 0.961. The lowest BCUT2D eigenvalue weighted by molar-refractivity contribution is 0.414. The second-order valence-corrected chi connectivity index (χ2v) is 7.04. The predicted octanol–water partition coefficient (Wildman–Crippen LogP) is 8.14. The minimum Gasteiger partial charge on any atom is -0.103 e. The number of benzene rings is 2. The summed E-state index contributed by atoms with van der Waals surface area (Å²) in [7, 11) is 0. The first-order valence-electron chi connectivity index (χ1n) is 9.85. The maximum atomic E-state index is 3.75. The Morgan fingerprint density at radius 1 is 0.720 bits per heavy atom. The highest BCUT2D eigenvalue weighted by molar-refractivity contribution is 5.63. The van der Waals surface area contributed by atoms with Gasteiger partial charge >= 0.3 is 0 Å². The summed E-state index contributed by atoms with van der Waals surface area (Å²) in [6.45, 7) is 12.5. The summed E-state index contributed by atoms with van der Waals surface area (Å²) in [6, 6.07) is 17.3. The van der Waals surface area contributed by atoms with E-state index in [2.05, 4.69) is 82.8 Å². The van der Waals surface area contributed by atoms with Crippen LogP contribution in [0.3, 0.4) is 0 Å². The van der Waals surface area contributed by atoms with E-state index >= 15 is 0 Å². The normalized spacial score (nSPS) is 10.3. The fourth-order valence-corrected chi connectivity index (χ4v) is 3.10. The van der Waals surface area contributed by atoms with Crippen LogP contribution in [0.4, 0.5) is 0 Å². The van der Waals surface area contributed by atoms with Crippen LogP contribution in [0.15, 0.2) is 61.2 Å². The number of hydrogen-bond acceptors (Lipinski definition) is 0. The lowest BCUT2D eigenvalue weighted by Crippen LogP contribution is -1.98. The predicted molar refractivity (Wildman–Crippen MR) is 114 cm³/mol. The first kappa shape index (κ1) is 21.2. The first-order valence-corrected chi connectivity index (χ1v) is 9.85. The van der Waals surface area contributed by atoms with Gasteiger partial charge in [0.1, 0.15) is 0 Å². The van der Waals surface area contributed by atoms with Gasteiger partial charge in [0.25, 0.3) is 0 Å². The van der Waals surface area contributed by atoms with Crippen LogP contribution < -0.4 is 0 Å².